The molecule has 2 aliphatic heterocycles. The molecule has 0 unspecified atom stereocenters. The Balaban J connectivity index is 1.28. The van der Waals surface area contributed by atoms with Crippen LogP contribution in [-0.4, -0.2) is 23.9 Å². The predicted molar refractivity (Wildman–Crippen MR) is 121 cm³/mol. The molecule has 0 aromatic rings. The van der Waals surface area contributed by atoms with Crippen LogP contribution in [0.5, 0.6) is 0 Å². The maximum absolute atomic E-state index is 6.90. The minimum Gasteiger partial charge on any atom is -0.349 e. The molecule has 6 rings (SSSR count). The number of hydrogen-bond acceptors (Lipinski definition) is 2. The van der Waals surface area contributed by atoms with Crippen molar-refractivity contribution in [3.8, 4) is 0 Å². The SMILES string of the molecule is C[C@H]1CC[C@@]2(OC1)O[C@@H]1C[C@@H]3[C@H]4CC=C5C[C@H](Cl)CC[C@]5(C)[C@@H]4CC[C@]3(C)[C@@H]1[C@H]2C. The molecule has 30 heavy (non-hydrogen) atoms. The molecule has 3 heteroatoms. The van der Waals surface area contributed by atoms with Gasteiger partial charge >= 0.3 is 0 Å². The van der Waals surface area contributed by atoms with Crippen molar-refractivity contribution in [2.45, 2.75) is 103 Å². The summed E-state index contributed by atoms with van der Waals surface area (Å²) < 4.78 is 13.4. The summed E-state index contributed by atoms with van der Waals surface area (Å²) in [5.41, 5.74) is 2.53. The van der Waals surface area contributed by atoms with Crippen LogP contribution in [0.4, 0.5) is 0 Å². The predicted octanol–water partition coefficient (Wildman–Crippen LogP) is 6.96. The third kappa shape index (κ3) is 2.62. The first-order valence-electron chi connectivity index (χ1n) is 12.9. The highest BCUT2D eigenvalue weighted by Crippen LogP contribution is 2.70. The van der Waals surface area contributed by atoms with Crippen LogP contribution < -0.4 is 0 Å². The minimum absolute atomic E-state index is 0.281. The van der Waals surface area contributed by atoms with Crippen LogP contribution in [0.3, 0.4) is 0 Å². The molecule has 0 bridgehead atoms. The average molecular weight is 433 g/mol. The molecule has 0 N–H and O–H groups in total. The van der Waals surface area contributed by atoms with Crippen molar-refractivity contribution in [1.29, 1.82) is 0 Å². The Bertz CT molecular complexity index is 739. The Morgan fingerprint density at radius 1 is 1.03 bits per heavy atom. The van der Waals surface area contributed by atoms with E-state index in [1.54, 1.807) is 5.57 Å². The Labute approximate surface area is 188 Å². The molecule has 3 saturated carbocycles. The van der Waals surface area contributed by atoms with Crippen molar-refractivity contribution in [3.63, 3.8) is 0 Å². The van der Waals surface area contributed by atoms with Gasteiger partial charge < -0.3 is 9.47 Å². The van der Waals surface area contributed by atoms with Crippen molar-refractivity contribution >= 4 is 11.6 Å². The van der Waals surface area contributed by atoms with E-state index in [0.29, 0.717) is 40.1 Å². The number of rotatable bonds is 0. The van der Waals surface area contributed by atoms with E-state index in [2.05, 4.69) is 33.8 Å². The zero-order valence-corrected chi connectivity index (χ0v) is 20.2. The molecule has 0 radical (unpaired) electrons. The Kier molecular flexibility index (Phi) is 4.61. The third-order valence-electron chi connectivity index (χ3n) is 11.3. The van der Waals surface area contributed by atoms with Crippen LogP contribution in [-0.2, 0) is 9.47 Å². The standard InChI is InChI=1S/C27H41ClO2/c1-16-7-12-27(29-15-16)17(2)24-23(30-27)14-22-20-6-5-18-13-19(28)8-10-25(18,3)21(20)9-11-26(22,24)4/h5,16-17,19-24H,6-15H2,1-4H3/t16-,17+,19+,20-,21+,22+,23+,24+,25-,26-,27+/m0/s1. The number of hydrogen-bond donors (Lipinski definition) is 0. The first-order valence-corrected chi connectivity index (χ1v) is 13.4. The number of halogens is 1. The van der Waals surface area contributed by atoms with Gasteiger partial charge in [-0.3, -0.25) is 0 Å². The lowest BCUT2D eigenvalue weighted by Crippen LogP contribution is -2.52. The highest BCUT2D eigenvalue weighted by atomic mass is 35.5. The fourth-order valence-electron chi connectivity index (χ4n) is 9.63. The van der Waals surface area contributed by atoms with E-state index in [0.717, 1.165) is 37.2 Å². The summed E-state index contributed by atoms with van der Waals surface area (Å²) in [6.07, 6.45) is 14.4. The normalized spacial score (nSPS) is 59.8. The topological polar surface area (TPSA) is 18.5 Å². The Hall–Kier alpha value is -0.0500. The largest absolute Gasteiger partial charge is 0.349 e. The van der Waals surface area contributed by atoms with E-state index in [1.807, 2.05) is 0 Å². The zero-order valence-electron chi connectivity index (χ0n) is 19.5. The minimum atomic E-state index is -0.281. The molecule has 11 atom stereocenters. The van der Waals surface area contributed by atoms with Gasteiger partial charge in [-0.1, -0.05) is 39.3 Å². The van der Waals surface area contributed by atoms with Gasteiger partial charge in [0.15, 0.2) is 5.79 Å². The number of alkyl halides is 1. The lowest BCUT2D eigenvalue weighted by molar-refractivity contribution is -0.272. The summed E-state index contributed by atoms with van der Waals surface area (Å²) >= 11 is 6.58. The van der Waals surface area contributed by atoms with Crippen molar-refractivity contribution in [1.82, 2.24) is 0 Å². The van der Waals surface area contributed by atoms with E-state index in [1.165, 1.54) is 44.9 Å². The lowest BCUT2D eigenvalue weighted by atomic mass is 9.47. The zero-order chi connectivity index (χ0) is 20.9. The summed E-state index contributed by atoms with van der Waals surface area (Å²) in [5, 5.41) is 0.365. The molecule has 0 amide bonds. The van der Waals surface area contributed by atoms with Gasteiger partial charge in [-0.15, -0.1) is 11.6 Å². The molecule has 5 fully saturated rings. The smallest absolute Gasteiger partial charge is 0.171 e. The van der Waals surface area contributed by atoms with Crippen molar-refractivity contribution in [3.05, 3.63) is 11.6 Å². The molecule has 2 nitrogen and oxygen atoms in total. The van der Waals surface area contributed by atoms with E-state index in [-0.39, 0.29) is 5.79 Å². The van der Waals surface area contributed by atoms with Gasteiger partial charge in [-0.25, -0.2) is 0 Å². The first kappa shape index (κ1) is 20.5. The molecule has 6 aliphatic rings. The third-order valence-corrected chi connectivity index (χ3v) is 11.7. The molecule has 4 aliphatic carbocycles. The second-order valence-electron chi connectivity index (χ2n) is 12.6. The van der Waals surface area contributed by atoms with Gasteiger partial charge in [0.25, 0.3) is 0 Å². The molecule has 0 aromatic heterocycles. The Morgan fingerprint density at radius 3 is 2.63 bits per heavy atom. The van der Waals surface area contributed by atoms with Crippen LogP contribution in [0.2, 0.25) is 0 Å². The molecule has 168 valence electrons. The Morgan fingerprint density at radius 2 is 1.87 bits per heavy atom. The quantitative estimate of drug-likeness (QED) is 0.304. The van der Waals surface area contributed by atoms with Crippen LogP contribution in [0.1, 0.15) is 85.5 Å². The van der Waals surface area contributed by atoms with E-state index in [4.69, 9.17) is 21.1 Å². The van der Waals surface area contributed by atoms with Gasteiger partial charge in [-0.2, -0.15) is 0 Å². The highest BCUT2D eigenvalue weighted by molar-refractivity contribution is 6.20. The summed E-state index contributed by atoms with van der Waals surface area (Å²) in [5.74, 6) is 4.11. The van der Waals surface area contributed by atoms with Crippen molar-refractivity contribution < 1.29 is 9.47 Å². The maximum Gasteiger partial charge on any atom is 0.171 e. The van der Waals surface area contributed by atoms with Gasteiger partial charge in [-0.05, 0) is 91.8 Å². The summed E-state index contributed by atoms with van der Waals surface area (Å²) in [6.45, 7) is 10.9. The molecule has 2 heterocycles. The molecule has 2 saturated heterocycles. The first-order chi connectivity index (χ1) is 14.3. The van der Waals surface area contributed by atoms with E-state index >= 15 is 0 Å². The van der Waals surface area contributed by atoms with Crippen LogP contribution in [0, 0.1) is 46.3 Å². The summed E-state index contributed by atoms with van der Waals surface area (Å²) in [7, 11) is 0. The monoisotopic (exact) mass is 432 g/mol. The molecular formula is C27H41ClO2. The second kappa shape index (κ2) is 6.73. The van der Waals surface area contributed by atoms with Gasteiger partial charge in [0, 0.05) is 17.7 Å². The summed E-state index contributed by atoms with van der Waals surface area (Å²) in [4.78, 5) is 0. The molecule has 0 aromatic carbocycles. The van der Waals surface area contributed by atoms with Gasteiger partial charge in [0.2, 0.25) is 0 Å². The van der Waals surface area contributed by atoms with Gasteiger partial charge in [0.1, 0.15) is 0 Å². The molecular weight excluding hydrogens is 392 g/mol. The van der Waals surface area contributed by atoms with Crippen molar-refractivity contribution in [2.24, 2.45) is 46.3 Å². The average Bonchev–Trinajstić information content (AvgIpc) is 3.16. The number of ether oxygens (including phenoxy) is 2. The highest BCUT2D eigenvalue weighted by Gasteiger charge is 2.68. The summed E-state index contributed by atoms with van der Waals surface area (Å²) in [6, 6.07) is 0. The van der Waals surface area contributed by atoms with Crippen LogP contribution >= 0.6 is 11.6 Å². The van der Waals surface area contributed by atoms with E-state index in [9.17, 15) is 0 Å². The van der Waals surface area contributed by atoms with Gasteiger partial charge in [0.05, 0.1) is 12.7 Å². The number of fused-ring (bicyclic) bond motifs is 7. The van der Waals surface area contributed by atoms with Crippen molar-refractivity contribution in [2.75, 3.05) is 6.61 Å². The molecule has 1 spiro atoms. The fourth-order valence-corrected chi connectivity index (χ4v) is 9.91. The van der Waals surface area contributed by atoms with Crippen LogP contribution in [0.25, 0.3) is 0 Å². The van der Waals surface area contributed by atoms with Crippen LogP contribution in [0.15, 0.2) is 11.6 Å². The maximum atomic E-state index is 6.90. The second-order valence-corrected chi connectivity index (χ2v) is 13.2. The fraction of sp³-hybridized carbons (Fsp3) is 0.926. The lowest BCUT2D eigenvalue weighted by Gasteiger charge is -2.58. The number of allylic oxidation sites excluding steroid dienone is 2. The van der Waals surface area contributed by atoms with E-state index < -0.39 is 0 Å².